The second kappa shape index (κ2) is 6.39. The second-order valence-corrected chi connectivity index (χ2v) is 5.93. The highest BCUT2D eigenvalue weighted by Crippen LogP contribution is 2.23. The summed E-state index contributed by atoms with van der Waals surface area (Å²) in [7, 11) is 0. The van der Waals surface area contributed by atoms with Gasteiger partial charge >= 0.3 is 0 Å². The zero-order valence-electron chi connectivity index (χ0n) is 12.6. The number of piperazine rings is 1. The molecular formula is C17H23N3O. The molecule has 1 aliphatic heterocycles. The molecule has 1 saturated heterocycles. The molecule has 0 unspecified atom stereocenters. The van der Waals surface area contributed by atoms with Crippen LogP contribution in [0.25, 0.3) is 0 Å². The fraction of sp³-hybridized carbons (Fsp3) is 0.529. The standard InChI is InChI=1S/C17H23N3O/c1-14(16-8-4-5-9-18-16)19-10-12-20(13-11-19)17(21)15-6-2-3-7-15/h2-5,8-9,14-15H,6-7,10-13H2,1H3/t14-/m1/s1. The van der Waals surface area contributed by atoms with Crippen LogP contribution in [-0.2, 0) is 4.79 Å². The van der Waals surface area contributed by atoms with E-state index in [1.54, 1.807) is 0 Å². The Morgan fingerprint density at radius 2 is 1.90 bits per heavy atom. The number of hydrogen-bond donors (Lipinski definition) is 0. The summed E-state index contributed by atoms with van der Waals surface area (Å²) in [5.41, 5.74) is 1.11. The van der Waals surface area contributed by atoms with Crippen molar-refractivity contribution in [2.75, 3.05) is 26.2 Å². The Labute approximate surface area is 126 Å². The Morgan fingerprint density at radius 1 is 1.19 bits per heavy atom. The Kier molecular flexibility index (Phi) is 4.34. The molecule has 0 spiro atoms. The molecule has 1 aromatic heterocycles. The van der Waals surface area contributed by atoms with Crippen molar-refractivity contribution < 1.29 is 4.79 Å². The molecule has 1 aromatic rings. The lowest BCUT2D eigenvalue weighted by molar-refractivity contribution is -0.137. The molecule has 0 bridgehead atoms. The van der Waals surface area contributed by atoms with Gasteiger partial charge in [-0.3, -0.25) is 14.7 Å². The van der Waals surface area contributed by atoms with Crippen LogP contribution in [0.2, 0.25) is 0 Å². The van der Waals surface area contributed by atoms with Gasteiger partial charge in [-0.05, 0) is 31.9 Å². The molecule has 1 amide bonds. The largest absolute Gasteiger partial charge is 0.340 e. The van der Waals surface area contributed by atoms with Gasteiger partial charge in [0.1, 0.15) is 0 Å². The maximum absolute atomic E-state index is 12.4. The number of nitrogens with zero attached hydrogens (tertiary/aromatic N) is 3. The molecule has 4 heteroatoms. The van der Waals surface area contributed by atoms with E-state index in [1.807, 2.05) is 23.2 Å². The Hall–Kier alpha value is -1.68. The first kappa shape index (κ1) is 14.3. The number of carbonyl (C=O) groups excluding carboxylic acids is 1. The molecule has 2 heterocycles. The molecule has 1 aliphatic carbocycles. The number of aromatic nitrogens is 1. The Bertz CT molecular complexity index is 498. The molecule has 1 atom stereocenters. The minimum Gasteiger partial charge on any atom is -0.340 e. The van der Waals surface area contributed by atoms with E-state index in [4.69, 9.17) is 0 Å². The van der Waals surface area contributed by atoms with E-state index in [0.717, 1.165) is 44.7 Å². The number of pyridine rings is 1. The monoisotopic (exact) mass is 285 g/mol. The molecule has 112 valence electrons. The molecule has 1 fully saturated rings. The summed E-state index contributed by atoms with van der Waals surface area (Å²) in [5.74, 6) is 0.537. The molecule has 0 radical (unpaired) electrons. The van der Waals surface area contributed by atoms with Gasteiger partial charge in [-0.2, -0.15) is 0 Å². The molecule has 2 aliphatic rings. The predicted octanol–water partition coefficient (Wildman–Crippen LogP) is 2.25. The predicted molar refractivity (Wildman–Crippen MR) is 82.7 cm³/mol. The third kappa shape index (κ3) is 3.16. The summed E-state index contributed by atoms with van der Waals surface area (Å²) in [6.07, 6.45) is 7.94. The van der Waals surface area contributed by atoms with Gasteiger partial charge in [0, 0.05) is 44.3 Å². The quantitative estimate of drug-likeness (QED) is 0.799. The highest BCUT2D eigenvalue weighted by atomic mass is 16.2. The minimum absolute atomic E-state index is 0.199. The van der Waals surface area contributed by atoms with E-state index in [-0.39, 0.29) is 5.92 Å². The second-order valence-electron chi connectivity index (χ2n) is 5.93. The molecule has 3 rings (SSSR count). The third-order valence-electron chi connectivity index (χ3n) is 4.65. The molecular weight excluding hydrogens is 262 g/mol. The molecule has 21 heavy (non-hydrogen) atoms. The average molecular weight is 285 g/mol. The van der Waals surface area contributed by atoms with Gasteiger partial charge < -0.3 is 4.90 Å². The fourth-order valence-corrected chi connectivity index (χ4v) is 3.22. The van der Waals surface area contributed by atoms with Crippen molar-refractivity contribution in [1.29, 1.82) is 0 Å². The van der Waals surface area contributed by atoms with Gasteiger partial charge in [0.2, 0.25) is 5.91 Å². The van der Waals surface area contributed by atoms with Gasteiger partial charge in [0.25, 0.3) is 0 Å². The zero-order chi connectivity index (χ0) is 14.7. The summed E-state index contributed by atoms with van der Waals surface area (Å²) in [4.78, 5) is 21.3. The number of rotatable bonds is 3. The lowest BCUT2D eigenvalue weighted by atomic mass is 10.0. The Morgan fingerprint density at radius 3 is 2.52 bits per heavy atom. The van der Waals surface area contributed by atoms with E-state index in [1.165, 1.54) is 0 Å². The lowest BCUT2D eigenvalue weighted by Gasteiger charge is -2.38. The van der Waals surface area contributed by atoms with Crippen molar-refractivity contribution >= 4 is 5.91 Å². The van der Waals surface area contributed by atoms with E-state index >= 15 is 0 Å². The van der Waals surface area contributed by atoms with Crippen molar-refractivity contribution in [3.63, 3.8) is 0 Å². The van der Waals surface area contributed by atoms with E-state index in [0.29, 0.717) is 11.9 Å². The Balaban J connectivity index is 1.54. The fourth-order valence-electron chi connectivity index (χ4n) is 3.22. The maximum atomic E-state index is 12.4. The van der Waals surface area contributed by atoms with Crippen LogP contribution in [0, 0.1) is 5.92 Å². The van der Waals surface area contributed by atoms with Crippen LogP contribution in [0.4, 0.5) is 0 Å². The number of hydrogen-bond acceptors (Lipinski definition) is 3. The lowest BCUT2D eigenvalue weighted by Crippen LogP contribution is -2.50. The van der Waals surface area contributed by atoms with Gasteiger partial charge in [0.05, 0.1) is 5.69 Å². The summed E-state index contributed by atoms with van der Waals surface area (Å²) >= 11 is 0. The van der Waals surface area contributed by atoms with Crippen LogP contribution in [-0.4, -0.2) is 46.9 Å². The van der Waals surface area contributed by atoms with Gasteiger partial charge in [-0.25, -0.2) is 0 Å². The van der Waals surface area contributed by atoms with E-state index < -0.39 is 0 Å². The number of allylic oxidation sites excluding steroid dienone is 2. The first-order valence-electron chi connectivity index (χ1n) is 7.84. The van der Waals surface area contributed by atoms with Crippen LogP contribution in [0.1, 0.15) is 31.5 Å². The van der Waals surface area contributed by atoms with E-state index in [2.05, 4.69) is 35.0 Å². The molecule has 0 aromatic carbocycles. The van der Waals surface area contributed by atoms with Crippen LogP contribution in [0.3, 0.4) is 0 Å². The first-order valence-corrected chi connectivity index (χ1v) is 7.84. The SMILES string of the molecule is C[C@H](c1ccccn1)N1CCN(C(=O)C2CC=CC2)CC1. The van der Waals surface area contributed by atoms with Crippen LogP contribution >= 0.6 is 0 Å². The topological polar surface area (TPSA) is 36.4 Å². The summed E-state index contributed by atoms with van der Waals surface area (Å²) in [5, 5.41) is 0. The minimum atomic E-state index is 0.199. The van der Waals surface area contributed by atoms with Crippen molar-refractivity contribution in [1.82, 2.24) is 14.8 Å². The molecule has 0 saturated carbocycles. The number of carbonyl (C=O) groups is 1. The van der Waals surface area contributed by atoms with Gasteiger partial charge in [-0.1, -0.05) is 18.2 Å². The first-order chi connectivity index (χ1) is 10.3. The molecule has 0 N–H and O–H groups in total. The van der Waals surface area contributed by atoms with Crippen LogP contribution < -0.4 is 0 Å². The van der Waals surface area contributed by atoms with Gasteiger partial charge in [0.15, 0.2) is 0 Å². The highest BCUT2D eigenvalue weighted by Gasteiger charge is 2.29. The summed E-state index contributed by atoms with van der Waals surface area (Å²) in [6, 6.07) is 6.37. The maximum Gasteiger partial charge on any atom is 0.226 e. The summed E-state index contributed by atoms with van der Waals surface area (Å²) < 4.78 is 0. The van der Waals surface area contributed by atoms with Crippen LogP contribution in [0.15, 0.2) is 36.5 Å². The van der Waals surface area contributed by atoms with Crippen LogP contribution in [0.5, 0.6) is 0 Å². The third-order valence-corrected chi connectivity index (χ3v) is 4.65. The van der Waals surface area contributed by atoms with E-state index in [9.17, 15) is 4.79 Å². The smallest absolute Gasteiger partial charge is 0.226 e. The van der Waals surface area contributed by atoms with Crippen molar-refractivity contribution in [3.8, 4) is 0 Å². The van der Waals surface area contributed by atoms with Crippen molar-refractivity contribution in [3.05, 3.63) is 42.2 Å². The van der Waals surface area contributed by atoms with Crippen molar-refractivity contribution in [2.45, 2.75) is 25.8 Å². The number of amides is 1. The average Bonchev–Trinajstić information content (AvgIpc) is 3.09. The highest BCUT2D eigenvalue weighted by molar-refractivity contribution is 5.79. The van der Waals surface area contributed by atoms with Gasteiger partial charge in [-0.15, -0.1) is 0 Å². The molecule has 4 nitrogen and oxygen atoms in total. The normalized spacial score (nSPS) is 21.7. The zero-order valence-corrected chi connectivity index (χ0v) is 12.6. The summed E-state index contributed by atoms with van der Waals surface area (Å²) in [6.45, 7) is 5.74. The van der Waals surface area contributed by atoms with Crippen molar-refractivity contribution in [2.24, 2.45) is 5.92 Å².